The Bertz CT molecular complexity index is 821. The van der Waals surface area contributed by atoms with Crippen LogP contribution in [0.15, 0.2) is 47.9 Å². The van der Waals surface area contributed by atoms with Crippen LogP contribution >= 0.6 is 11.8 Å². The Morgan fingerprint density at radius 1 is 1.15 bits per heavy atom. The zero-order chi connectivity index (χ0) is 24.6. The first-order chi connectivity index (χ1) is 15.7. The molecule has 1 aliphatic heterocycles. The normalized spacial score (nSPS) is 20.0. The lowest BCUT2D eigenvalue weighted by Crippen LogP contribution is -2.69. The number of carbonyl (C=O) groups excluding carboxylic acids is 3. The largest absolute Gasteiger partial charge is 0.460 e. The van der Waals surface area contributed by atoms with Gasteiger partial charge in [0.1, 0.15) is 13.2 Å². The van der Waals surface area contributed by atoms with Crippen LogP contribution in [0.4, 0.5) is 0 Å². The Kier molecular flexibility index (Phi) is 10.4. The van der Waals surface area contributed by atoms with Crippen molar-refractivity contribution in [3.63, 3.8) is 0 Å². The van der Waals surface area contributed by atoms with Gasteiger partial charge in [-0.1, -0.05) is 70.3 Å². The summed E-state index contributed by atoms with van der Waals surface area (Å²) in [7, 11) is -1.94. The van der Waals surface area contributed by atoms with Crippen molar-refractivity contribution in [1.29, 1.82) is 0 Å². The molecule has 33 heavy (non-hydrogen) atoms. The molecule has 0 aromatic heterocycles. The molecular formula is C25H37NO5SSi. The van der Waals surface area contributed by atoms with Crippen molar-refractivity contribution in [3.8, 4) is 0 Å². The Labute approximate surface area is 203 Å². The third kappa shape index (κ3) is 6.58. The van der Waals surface area contributed by atoms with Gasteiger partial charge in [-0.3, -0.25) is 14.4 Å². The fourth-order valence-electron chi connectivity index (χ4n) is 4.48. The van der Waals surface area contributed by atoms with Crippen molar-refractivity contribution in [2.75, 3.05) is 13.2 Å². The number of likely N-dealkylation sites (tertiary alicyclic amines) is 1. The molecule has 0 unspecified atom stereocenters. The average molecular weight is 492 g/mol. The lowest BCUT2D eigenvalue weighted by Gasteiger charge is -2.52. The van der Waals surface area contributed by atoms with Crippen molar-refractivity contribution >= 4 is 37.1 Å². The van der Waals surface area contributed by atoms with E-state index in [0.29, 0.717) is 0 Å². The zero-order valence-electron chi connectivity index (χ0n) is 20.4. The second kappa shape index (κ2) is 12.5. The molecule has 0 saturated carbocycles. The molecule has 0 spiro atoms. The SMILES string of the molecule is C=CCOC(=O)CN1C(=O)[C@H]([C@@H](C)O[Si](CC)(CC)CC)[C@H]1[C@@H](C)C(=O)Sc1ccccc1. The summed E-state index contributed by atoms with van der Waals surface area (Å²) in [6, 6.07) is 12.0. The van der Waals surface area contributed by atoms with Gasteiger partial charge >= 0.3 is 5.97 Å². The standard InChI is InChI=1S/C25H37NO5SSi/c1-7-16-30-21(27)17-26-23(18(5)25(29)32-20-14-12-11-13-15-20)22(24(26)28)19(6)31-33(8-2,9-3)10-4/h7,11-15,18-19,22-23H,1,8-10,16-17H2,2-6H3/t18-,19-,22-,23-/m1/s1. The molecule has 1 aliphatic rings. The first-order valence-electron chi connectivity index (χ1n) is 11.7. The Balaban J connectivity index is 2.24. The van der Waals surface area contributed by atoms with E-state index in [-0.39, 0.29) is 30.3 Å². The molecule has 0 radical (unpaired) electrons. The van der Waals surface area contributed by atoms with Crippen LogP contribution in [0.25, 0.3) is 0 Å². The summed E-state index contributed by atoms with van der Waals surface area (Å²) in [6.07, 6.45) is 1.17. The number of rotatable bonds is 13. The van der Waals surface area contributed by atoms with Gasteiger partial charge in [0.15, 0.2) is 13.4 Å². The highest BCUT2D eigenvalue weighted by Gasteiger charge is 2.55. The maximum Gasteiger partial charge on any atom is 0.325 e. The molecule has 1 saturated heterocycles. The molecule has 0 bridgehead atoms. The van der Waals surface area contributed by atoms with Crippen LogP contribution in [0.5, 0.6) is 0 Å². The molecular weight excluding hydrogens is 454 g/mol. The van der Waals surface area contributed by atoms with Gasteiger partial charge in [-0.25, -0.2) is 0 Å². The number of nitrogens with zero attached hydrogens (tertiary/aromatic N) is 1. The number of esters is 1. The Morgan fingerprint density at radius 2 is 1.76 bits per heavy atom. The minimum absolute atomic E-state index is 0.0367. The maximum atomic E-state index is 13.2. The van der Waals surface area contributed by atoms with E-state index in [9.17, 15) is 14.4 Å². The van der Waals surface area contributed by atoms with Gasteiger partial charge in [-0.15, -0.1) is 0 Å². The van der Waals surface area contributed by atoms with E-state index < -0.39 is 32.2 Å². The molecule has 6 nitrogen and oxygen atoms in total. The summed E-state index contributed by atoms with van der Waals surface area (Å²) in [5, 5.41) is -0.0367. The van der Waals surface area contributed by atoms with Crippen LogP contribution < -0.4 is 0 Å². The van der Waals surface area contributed by atoms with Crippen molar-refractivity contribution < 1.29 is 23.5 Å². The van der Waals surface area contributed by atoms with Gasteiger partial charge in [-0.05, 0) is 37.2 Å². The van der Waals surface area contributed by atoms with Gasteiger partial charge in [0.05, 0.1) is 18.1 Å². The second-order valence-corrected chi connectivity index (χ2v) is 14.3. The highest BCUT2D eigenvalue weighted by molar-refractivity contribution is 8.13. The van der Waals surface area contributed by atoms with E-state index in [2.05, 4.69) is 27.4 Å². The molecule has 8 heteroatoms. The molecule has 182 valence electrons. The lowest BCUT2D eigenvalue weighted by molar-refractivity contribution is -0.174. The first-order valence-corrected chi connectivity index (χ1v) is 15.1. The lowest BCUT2D eigenvalue weighted by atomic mass is 9.77. The number of hydrogen-bond acceptors (Lipinski definition) is 6. The minimum atomic E-state index is -1.94. The summed E-state index contributed by atoms with van der Waals surface area (Å²) in [5.41, 5.74) is 0. The molecule has 1 aromatic carbocycles. The van der Waals surface area contributed by atoms with E-state index in [1.807, 2.05) is 44.2 Å². The third-order valence-electron chi connectivity index (χ3n) is 6.68. The van der Waals surface area contributed by atoms with Crippen LogP contribution in [0.2, 0.25) is 18.1 Å². The van der Waals surface area contributed by atoms with Crippen molar-refractivity contribution in [2.45, 2.75) is 69.8 Å². The minimum Gasteiger partial charge on any atom is -0.460 e. The molecule has 1 amide bonds. The fraction of sp³-hybridized carbons (Fsp3) is 0.560. The van der Waals surface area contributed by atoms with E-state index in [1.165, 1.54) is 22.7 Å². The zero-order valence-corrected chi connectivity index (χ0v) is 22.2. The van der Waals surface area contributed by atoms with E-state index in [4.69, 9.17) is 9.16 Å². The predicted octanol–water partition coefficient (Wildman–Crippen LogP) is 4.91. The van der Waals surface area contributed by atoms with Gasteiger partial charge < -0.3 is 14.1 Å². The van der Waals surface area contributed by atoms with Gasteiger partial charge in [0, 0.05) is 10.8 Å². The van der Waals surface area contributed by atoms with Gasteiger partial charge in [-0.2, -0.15) is 0 Å². The quantitative estimate of drug-likeness (QED) is 0.128. The molecule has 0 N–H and O–H groups in total. The van der Waals surface area contributed by atoms with E-state index in [1.54, 1.807) is 0 Å². The summed E-state index contributed by atoms with van der Waals surface area (Å²) < 4.78 is 11.7. The summed E-state index contributed by atoms with van der Waals surface area (Å²) >= 11 is 1.17. The van der Waals surface area contributed by atoms with E-state index in [0.717, 1.165) is 23.0 Å². The van der Waals surface area contributed by atoms with Gasteiger partial charge in [0.25, 0.3) is 0 Å². The summed E-state index contributed by atoms with van der Waals surface area (Å²) in [6.45, 7) is 13.7. The topological polar surface area (TPSA) is 72.9 Å². The monoisotopic (exact) mass is 491 g/mol. The number of thioether (sulfide) groups is 1. The molecule has 1 aromatic rings. The number of benzene rings is 1. The summed E-state index contributed by atoms with van der Waals surface area (Å²) in [5.74, 6) is -1.57. The van der Waals surface area contributed by atoms with Crippen LogP contribution in [0.1, 0.15) is 34.6 Å². The number of ether oxygens (including phenoxy) is 1. The Morgan fingerprint density at radius 3 is 2.30 bits per heavy atom. The smallest absolute Gasteiger partial charge is 0.325 e. The highest BCUT2D eigenvalue weighted by Crippen LogP contribution is 2.40. The number of amides is 1. The first kappa shape index (κ1) is 27.3. The van der Waals surface area contributed by atoms with Gasteiger partial charge in [0.2, 0.25) is 5.91 Å². The molecule has 1 fully saturated rings. The van der Waals surface area contributed by atoms with Crippen LogP contribution in [-0.4, -0.2) is 55.5 Å². The van der Waals surface area contributed by atoms with Crippen molar-refractivity contribution in [3.05, 3.63) is 43.0 Å². The Hall–Kier alpha value is -1.90. The molecule has 2 rings (SSSR count). The second-order valence-electron chi connectivity index (χ2n) is 8.54. The number of β-lactam (4-membered cyclic amide) rings is 1. The number of carbonyl (C=O) groups is 3. The van der Waals surface area contributed by atoms with Crippen molar-refractivity contribution in [1.82, 2.24) is 4.90 Å². The molecule has 1 heterocycles. The third-order valence-corrected chi connectivity index (χ3v) is 12.5. The summed E-state index contributed by atoms with van der Waals surface area (Å²) in [4.78, 5) is 40.9. The highest BCUT2D eigenvalue weighted by atomic mass is 32.2. The van der Waals surface area contributed by atoms with Crippen LogP contribution in [0, 0.1) is 11.8 Å². The average Bonchev–Trinajstić information content (AvgIpc) is 2.82. The number of hydrogen-bond donors (Lipinski definition) is 0. The molecule has 0 aliphatic carbocycles. The molecule has 4 atom stereocenters. The predicted molar refractivity (Wildman–Crippen MR) is 134 cm³/mol. The van der Waals surface area contributed by atoms with Crippen LogP contribution in [0.3, 0.4) is 0 Å². The fourth-order valence-corrected chi connectivity index (χ4v) is 8.27. The van der Waals surface area contributed by atoms with Crippen LogP contribution in [-0.2, 0) is 23.5 Å². The van der Waals surface area contributed by atoms with E-state index >= 15 is 0 Å². The van der Waals surface area contributed by atoms with Crippen molar-refractivity contribution in [2.24, 2.45) is 11.8 Å². The maximum absolute atomic E-state index is 13.2.